The van der Waals surface area contributed by atoms with E-state index in [2.05, 4.69) is 42.0 Å². The Kier molecular flexibility index (Phi) is 10.2. The van der Waals surface area contributed by atoms with Crippen molar-refractivity contribution in [2.75, 3.05) is 11.9 Å². The van der Waals surface area contributed by atoms with Crippen molar-refractivity contribution in [1.82, 2.24) is 14.9 Å². The van der Waals surface area contributed by atoms with Crippen molar-refractivity contribution in [3.63, 3.8) is 0 Å². The van der Waals surface area contributed by atoms with Gasteiger partial charge in [-0.1, -0.05) is 63.2 Å². The number of aryl methyl sites for hydroxylation is 1. The summed E-state index contributed by atoms with van der Waals surface area (Å²) in [6, 6.07) is 24.2. The van der Waals surface area contributed by atoms with E-state index in [9.17, 15) is 14.9 Å². The van der Waals surface area contributed by atoms with Gasteiger partial charge in [0, 0.05) is 48.4 Å². The van der Waals surface area contributed by atoms with Crippen molar-refractivity contribution in [3.8, 4) is 23.1 Å². The van der Waals surface area contributed by atoms with E-state index < -0.39 is 0 Å². The van der Waals surface area contributed by atoms with Gasteiger partial charge >= 0.3 is 6.03 Å². The molecule has 0 bridgehead atoms. The average molecular weight is 592 g/mol. The van der Waals surface area contributed by atoms with Crippen LogP contribution in [0, 0.1) is 17.2 Å². The predicted molar refractivity (Wildman–Crippen MR) is 174 cm³/mol. The van der Waals surface area contributed by atoms with Crippen LogP contribution in [-0.2, 0) is 18.9 Å². The van der Waals surface area contributed by atoms with E-state index in [0.717, 1.165) is 22.6 Å². The zero-order valence-electron chi connectivity index (χ0n) is 26.3. The van der Waals surface area contributed by atoms with Gasteiger partial charge < -0.3 is 19.9 Å². The quantitative estimate of drug-likeness (QED) is 0.178. The second-order valence-corrected chi connectivity index (χ2v) is 12.4. The maximum absolute atomic E-state index is 13.4. The lowest BCUT2D eigenvalue weighted by atomic mass is 9.91. The van der Waals surface area contributed by atoms with Crippen LogP contribution >= 0.6 is 0 Å². The summed E-state index contributed by atoms with van der Waals surface area (Å²) in [7, 11) is 2.01. The van der Waals surface area contributed by atoms with Crippen LogP contribution in [0.2, 0.25) is 0 Å². The number of nitriles is 1. The molecule has 0 fully saturated rings. The smallest absolute Gasteiger partial charge is 0.319 e. The van der Waals surface area contributed by atoms with E-state index >= 15 is 0 Å². The largest absolute Gasteiger partial charge is 0.490 e. The minimum absolute atomic E-state index is 0.0672. The zero-order valence-corrected chi connectivity index (χ0v) is 26.3. The summed E-state index contributed by atoms with van der Waals surface area (Å²) in [5.41, 5.74) is 4.35. The van der Waals surface area contributed by atoms with E-state index in [0.29, 0.717) is 35.5 Å². The molecule has 0 spiro atoms. The number of nitrogens with one attached hydrogen (secondary N) is 2. The molecule has 0 saturated carbocycles. The Hall–Kier alpha value is -4.90. The molecule has 228 valence electrons. The van der Waals surface area contributed by atoms with Gasteiger partial charge in [-0.05, 0) is 62.1 Å². The van der Waals surface area contributed by atoms with Gasteiger partial charge in [0.1, 0.15) is 17.6 Å². The first-order valence-corrected chi connectivity index (χ1v) is 14.9. The lowest BCUT2D eigenvalue weighted by Gasteiger charge is -2.18. The molecular weight excluding hydrogens is 550 g/mol. The number of carbonyl (C=O) groups is 2. The number of aromatic nitrogens is 2. The summed E-state index contributed by atoms with van der Waals surface area (Å²) in [6.07, 6.45) is 2.72. The number of ketones is 1. The van der Waals surface area contributed by atoms with Gasteiger partial charge in [0.15, 0.2) is 5.78 Å². The number of nitrogens with zero attached hydrogens (tertiary/aromatic N) is 3. The summed E-state index contributed by atoms with van der Waals surface area (Å²) in [5.74, 6) is 1.18. The van der Waals surface area contributed by atoms with Crippen molar-refractivity contribution in [3.05, 3.63) is 102 Å². The Bertz CT molecular complexity index is 1630. The van der Waals surface area contributed by atoms with Gasteiger partial charge in [-0.2, -0.15) is 5.26 Å². The van der Waals surface area contributed by atoms with Crippen molar-refractivity contribution >= 4 is 17.5 Å². The SMILES string of the molecule is CC(C)Oc1ccc(C(=O)C[C@H](CNC(=O)Nc2ccccc2)Cc2ccc(-c3cn(C)c(C(C)(C)C)n3)cc2)cc1C#N. The summed E-state index contributed by atoms with van der Waals surface area (Å²) in [5, 5.41) is 15.4. The van der Waals surface area contributed by atoms with Crippen molar-refractivity contribution in [2.45, 2.75) is 59.0 Å². The summed E-state index contributed by atoms with van der Waals surface area (Å²) >= 11 is 0. The molecule has 3 aromatic carbocycles. The topological polar surface area (TPSA) is 109 Å². The van der Waals surface area contributed by atoms with Crippen LogP contribution in [0.1, 0.15) is 68.3 Å². The Morgan fingerprint density at radius 2 is 1.73 bits per heavy atom. The first-order chi connectivity index (χ1) is 20.9. The summed E-state index contributed by atoms with van der Waals surface area (Å²) in [6.45, 7) is 10.5. The maximum Gasteiger partial charge on any atom is 0.319 e. The Morgan fingerprint density at radius 3 is 2.34 bits per heavy atom. The molecule has 0 aliphatic carbocycles. The molecule has 1 heterocycles. The standard InChI is InChI=1S/C36H41N5O3/c1-24(2)44-33-17-16-28(20-29(33)21-37)32(42)19-26(22-38-35(43)39-30-10-8-7-9-11-30)18-25-12-14-27(15-13-25)31-23-41(6)34(40-31)36(3,4)5/h7-17,20,23-24,26H,18-19,22H2,1-6H3,(H2,38,39,43)/t26-/m1/s1. The van der Waals surface area contributed by atoms with Gasteiger partial charge in [-0.15, -0.1) is 0 Å². The third-order valence-corrected chi connectivity index (χ3v) is 7.16. The number of hydrogen-bond donors (Lipinski definition) is 2. The molecule has 0 radical (unpaired) electrons. The van der Waals surface area contributed by atoms with Gasteiger partial charge in [0.25, 0.3) is 0 Å². The van der Waals surface area contributed by atoms with Gasteiger partial charge in [0.2, 0.25) is 0 Å². The van der Waals surface area contributed by atoms with Gasteiger partial charge in [-0.3, -0.25) is 4.79 Å². The fourth-order valence-corrected chi connectivity index (χ4v) is 5.13. The molecule has 8 heteroatoms. The average Bonchev–Trinajstić information content (AvgIpc) is 3.39. The molecule has 44 heavy (non-hydrogen) atoms. The van der Waals surface area contributed by atoms with Crippen LogP contribution in [0.4, 0.5) is 10.5 Å². The molecule has 2 N–H and O–H groups in total. The van der Waals surface area contributed by atoms with E-state index in [1.165, 1.54) is 0 Å². The van der Waals surface area contributed by atoms with Gasteiger partial charge in [0.05, 0.1) is 17.4 Å². The molecular formula is C36H41N5O3. The Labute approximate surface area is 260 Å². The molecule has 1 atom stereocenters. The summed E-state index contributed by atoms with van der Waals surface area (Å²) in [4.78, 5) is 31.0. The van der Waals surface area contributed by atoms with E-state index in [1.807, 2.05) is 81.7 Å². The number of imidazole rings is 1. The van der Waals surface area contributed by atoms with Gasteiger partial charge in [-0.25, -0.2) is 9.78 Å². The Morgan fingerprint density at radius 1 is 1.02 bits per heavy atom. The summed E-state index contributed by atoms with van der Waals surface area (Å²) < 4.78 is 7.78. The Balaban J connectivity index is 1.51. The van der Waals surface area contributed by atoms with Crippen LogP contribution in [0.5, 0.6) is 5.75 Å². The number of anilines is 1. The number of urea groups is 1. The third-order valence-electron chi connectivity index (χ3n) is 7.16. The van der Waals surface area contributed by atoms with Crippen LogP contribution in [-0.4, -0.2) is 34.0 Å². The number of ether oxygens (including phenoxy) is 1. The monoisotopic (exact) mass is 591 g/mol. The highest BCUT2D eigenvalue weighted by Gasteiger charge is 2.22. The number of hydrogen-bond acceptors (Lipinski definition) is 5. The lowest BCUT2D eigenvalue weighted by molar-refractivity contribution is 0.0960. The van der Waals surface area contributed by atoms with Crippen LogP contribution in [0.3, 0.4) is 0 Å². The van der Waals surface area contributed by atoms with E-state index in [4.69, 9.17) is 9.72 Å². The number of benzene rings is 3. The molecule has 0 aliphatic heterocycles. The second kappa shape index (κ2) is 14.0. The molecule has 0 saturated heterocycles. The van der Waals surface area contributed by atoms with Crippen molar-refractivity contribution < 1.29 is 14.3 Å². The van der Waals surface area contributed by atoms with E-state index in [1.54, 1.807) is 18.2 Å². The third kappa shape index (κ3) is 8.57. The molecule has 1 aromatic heterocycles. The highest BCUT2D eigenvalue weighted by Crippen LogP contribution is 2.27. The first kappa shape index (κ1) is 32.0. The molecule has 4 rings (SSSR count). The maximum atomic E-state index is 13.4. The first-order valence-electron chi connectivity index (χ1n) is 14.9. The fraction of sp³-hybridized carbons (Fsp3) is 0.333. The normalized spacial score (nSPS) is 12.0. The number of carbonyl (C=O) groups excluding carboxylic acids is 2. The zero-order chi connectivity index (χ0) is 31.9. The van der Waals surface area contributed by atoms with Crippen LogP contribution in [0.15, 0.2) is 79.0 Å². The predicted octanol–water partition coefficient (Wildman–Crippen LogP) is 7.30. The molecule has 0 unspecified atom stereocenters. The van der Waals surface area contributed by atoms with Crippen molar-refractivity contribution in [2.24, 2.45) is 13.0 Å². The number of Topliss-reactive ketones (excluding diaryl/α,β-unsaturated/α-hetero) is 1. The van der Waals surface area contributed by atoms with Crippen LogP contribution < -0.4 is 15.4 Å². The fourth-order valence-electron chi connectivity index (χ4n) is 5.13. The second-order valence-electron chi connectivity index (χ2n) is 12.4. The molecule has 4 aromatic rings. The van der Waals surface area contributed by atoms with Crippen molar-refractivity contribution in [1.29, 1.82) is 5.26 Å². The molecule has 2 amide bonds. The number of para-hydroxylation sites is 1. The molecule has 0 aliphatic rings. The highest BCUT2D eigenvalue weighted by atomic mass is 16.5. The minimum Gasteiger partial charge on any atom is -0.490 e. The number of rotatable bonds is 11. The lowest BCUT2D eigenvalue weighted by Crippen LogP contribution is -2.34. The van der Waals surface area contributed by atoms with Crippen LogP contribution in [0.25, 0.3) is 11.3 Å². The highest BCUT2D eigenvalue weighted by molar-refractivity contribution is 5.97. The minimum atomic E-state index is -0.337. The number of amides is 2. The molecule has 8 nitrogen and oxygen atoms in total. The van der Waals surface area contributed by atoms with E-state index in [-0.39, 0.29) is 35.7 Å².